The Balaban J connectivity index is -0.000000213. The maximum atomic E-state index is 4.87. The van der Waals surface area contributed by atoms with Crippen LogP contribution in [0.1, 0.15) is 6.42 Å². The van der Waals surface area contributed by atoms with Gasteiger partial charge in [0.25, 0.3) is 0 Å². The second-order valence-electron chi connectivity index (χ2n) is 1.74. The molecule has 0 aromatic rings. The van der Waals surface area contributed by atoms with E-state index in [2.05, 4.69) is 12.2 Å². The van der Waals surface area contributed by atoms with Gasteiger partial charge in [-0.1, -0.05) is 0 Å². The summed E-state index contributed by atoms with van der Waals surface area (Å²) in [5, 5.41) is 0. The van der Waals surface area contributed by atoms with Crippen molar-refractivity contribution in [3.63, 3.8) is 0 Å². The maximum absolute atomic E-state index is 4.87. The third kappa shape index (κ3) is 7.11. The Morgan fingerprint density at radius 1 is 1.55 bits per heavy atom. The summed E-state index contributed by atoms with van der Waals surface area (Å²) in [6.45, 7) is 0.705. The number of rotatable bonds is 2. The van der Waals surface area contributed by atoms with Crippen LogP contribution in [0.4, 0.5) is 0 Å². The van der Waals surface area contributed by atoms with E-state index in [1.165, 1.54) is 5.57 Å². The van der Waals surface area contributed by atoms with Crippen molar-refractivity contribution in [3.8, 4) is 0 Å². The van der Waals surface area contributed by atoms with Crippen molar-refractivity contribution in [2.75, 3.05) is 13.7 Å². The molecule has 0 N–H and O–H groups in total. The summed E-state index contributed by atoms with van der Waals surface area (Å²) in [6.07, 6.45) is 8.22. The molecule has 0 atom stereocenters. The fourth-order valence-corrected chi connectivity index (χ4v) is 0.705. The molecule has 1 aliphatic carbocycles. The van der Waals surface area contributed by atoms with E-state index >= 15 is 0 Å². The molecular weight excluding hydrogens is 219 g/mol. The Bertz CT molecular complexity index is 134. The Labute approximate surface area is 95.0 Å². The van der Waals surface area contributed by atoms with Crippen molar-refractivity contribution >= 4 is 0 Å². The van der Waals surface area contributed by atoms with Crippen LogP contribution in [0.15, 0.2) is 17.7 Å². The van der Waals surface area contributed by atoms with Crippen LogP contribution in [-0.2, 0) is 26.5 Å². The van der Waals surface area contributed by atoms with Gasteiger partial charge < -0.3 is 29.6 Å². The zero-order valence-electron chi connectivity index (χ0n) is 6.23. The maximum Gasteiger partial charge on any atom is 3.00 e. The Kier molecular flexibility index (Phi) is 17.3. The van der Waals surface area contributed by atoms with Crippen LogP contribution < -0.4 is 24.8 Å². The van der Waals surface area contributed by atoms with Crippen LogP contribution in [0, 0.1) is 6.08 Å². The van der Waals surface area contributed by atoms with E-state index in [1.807, 2.05) is 6.08 Å². The van der Waals surface area contributed by atoms with E-state index in [0.29, 0.717) is 6.61 Å². The second-order valence-corrected chi connectivity index (χ2v) is 1.74. The molecule has 0 bridgehead atoms. The minimum Gasteiger partial charge on any atom is -1.00 e. The number of methoxy groups -OCH3 is 1. The Morgan fingerprint density at radius 3 is 2.55 bits per heavy atom. The largest absolute Gasteiger partial charge is 3.00 e. The molecule has 0 aromatic heterocycles. The molecule has 11 heavy (non-hydrogen) atoms. The number of hydrogen-bond donors (Lipinski definition) is 0. The summed E-state index contributed by atoms with van der Waals surface area (Å²) >= 11 is 0. The summed E-state index contributed by atoms with van der Waals surface area (Å²) in [4.78, 5) is 0. The van der Waals surface area contributed by atoms with Gasteiger partial charge >= 0.3 is 21.7 Å². The summed E-state index contributed by atoms with van der Waals surface area (Å²) in [7, 11) is 1.70. The Morgan fingerprint density at radius 2 is 2.18 bits per heavy atom. The molecule has 0 aromatic carbocycles. The van der Waals surface area contributed by atoms with E-state index in [4.69, 9.17) is 4.74 Å². The van der Waals surface area contributed by atoms with Crippen LogP contribution in [-0.4, -0.2) is 13.7 Å². The average Bonchev–Trinajstić information content (AvgIpc) is 2.19. The average molecular weight is 228 g/mol. The Hall–Kier alpha value is 0.734. The van der Waals surface area contributed by atoms with Crippen molar-refractivity contribution in [3.05, 3.63) is 23.8 Å². The van der Waals surface area contributed by atoms with E-state index < -0.39 is 0 Å². The predicted molar refractivity (Wildman–Crippen MR) is 32.4 cm³/mol. The van der Waals surface area contributed by atoms with Gasteiger partial charge in [-0.3, -0.25) is 6.08 Å². The quantitative estimate of drug-likeness (QED) is 0.341. The molecule has 1 nitrogen and oxygen atoms in total. The first kappa shape index (κ1) is 17.7. The third-order valence-electron chi connectivity index (χ3n) is 1.07. The molecular formula is C7H9Cl2OTi. The minimum absolute atomic E-state index is 0. The van der Waals surface area contributed by atoms with Gasteiger partial charge in [-0.15, -0.1) is 6.42 Å². The predicted octanol–water partition coefficient (Wildman–Crippen LogP) is -4.67. The zero-order valence-corrected chi connectivity index (χ0v) is 9.31. The molecule has 1 aliphatic rings. The van der Waals surface area contributed by atoms with E-state index in [-0.39, 0.29) is 46.5 Å². The van der Waals surface area contributed by atoms with Crippen LogP contribution in [0.3, 0.4) is 0 Å². The topological polar surface area (TPSA) is 9.23 Å². The fraction of sp³-hybridized carbons (Fsp3) is 0.429. The summed E-state index contributed by atoms with van der Waals surface area (Å²) in [6, 6.07) is 0. The van der Waals surface area contributed by atoms with Gasteiger partial charge in [-0.2, -0.15) is 11.6 Å². The molecule has 0 spiro atoms. The molecule has 4 heteroatoms. The molecule has 0 saturated heterocycles. The van der Waals surface area contributed by atoms with Crippen molar-refractivity contribution in [2.45, 2.75) is 6.42 Å². The summed E-state index contributed by atoms with van der Waals surface area (Å²) in [5.74, 6) is 0. The first-order valence-corrected chi connectivity index (χ1v) is 2.68. The van der Waals surface area contributed by atoms with Gasteiger partial charge in [0.2, 0.25) is 0 Å². The van der Waals surface area contributed by atoms with Crippen LogP contribution in [0.5, 0.6) is 0 Å². The van der Waals surface area contributed by atoms with Gasteiger partial charge in [0.1, 0.15) is 0 Å². The number of ether oxygens (including phenoxy) is 1. The molecule has 0 saturated carbocycles. The van der Waals surface area contributed by atoms with Gasteiger partial charge in [0.15, 0.2) is 0 Å². The second kappa shape index (κ2) is 10.7. The SMILES string of the molecule is COCC1=[C-]CC=C1.[Cl-].[Cl-].[Ti+3]. The standard InChI is InChI=1S/C7H9O.2ClH.Ti/c1-8-6-7-4-2-3-5-7;;;/h2,4H,3,6H2,1H3;2*1H;/q-1;;;+3/p-2. The zero-order chi connectivity index (χ0) is 5.82. The van der Waals surface area contributed by atoms with Crippen molar-refractivity contribution in [2.24, 2.45) is 0 Å². The van der Waals surface area contributed by atoms with Crippen molar-refractivity contribution in [1.29, 1.82) is 0 Å². The van der Waals surface area contributed by atoms with Crippen LogP contribution in [0.2, 0.25) is 0 Å². The fourth-order valence-electron chi connectivity index (χ4n) is 0.705. The van der Waals surface area contributed by atoms with Gasteiger partial charge in [0.05, 0.1) is 0 Å². The molecule has 61 valence electrons. The monoisotopic (exact) mass is 227 g/mol. The number of halogens is 2. The smallest absolute Gasteiger partial charge is 1.00 e. The van der Waals surface area contributed by atoms with Gasteiger partial charge in [-0.25, -0.2) is 6.08 Å². The van der Waals surface area contributed by atoms with Crippen LogP contribution >= 0.6 is 0 Å². The van der Waals surface area contributed by atoms with E-state index in [1.54, 1.807) is 7.11 Å². The molecule has 0 amide bonds. The molecule has 1 radical (unpaired) electrons. The van der Waals surface area contributed by atoms with Gasteiger partial charge in [0, 0.05) is 13.7 Å². The van der Waals surface area contributed by atoms with E-state index in [0.717, 1.165) is 6.42 Å². The first-order chi connectivity index (χ1) is 3.93. The molecule has 0 heterocycles. The van der Waals surface area contributed by atoms with E-state index in [9.17, 15) is 0 Å². The molecule has 1 rings (SSSR count). The normalized spacial score (nSPS) is 12.3. The summed E-state index contributed by atoms with van der Waals surface area (Å²) in [5.41, 5.74) is 1.17. The van der Waals surface area contributed by atoms with Gasteiger partial charge in [-0.05, 0) is 0 Å². The molecule has 0 aliphatic heterocycles. The van der Waals surface area contributed by atoms with Crippen molar-refractivity contribution in [1.82, 2.24) is 0 Å². The minimum atomic E-state index is 0. The molecule has 0 fully saturated rings. The van der Waals surface area contributed by atoms with Crippen LogP contribution in [0.25, 0.3) is 0 Å². The molecule has 0 unspecified atom stereocenters. The summed E-state index contributed by atoms with van der Waals surface area (Å²) < 4.78 is 4.87. The van der Waals surface area contributed by atoms with Crippen molar-refractivity contribution < 1.29 is 51.3 Å². The first-order valence-electron chi connectivity index (χ1n) is 2.68. The third-order valence-corrected chi connectivity index (χ3v) is 1.07. The number of hydrogen-bond acceptors (Lipinski definition) is 1. The number of allylic oxidation sites excluding steroid dienone is 2.